The van der Waals surface area contributed by atoms with Crippen LogP contribution in [0.3, 0.4) is 0 Å². The van der Waals surface area contributed by atoms with Crippen molar-refractivity contribution in [1.82, 2.24) is 5.32 Å². The van der Waals surface area contributed by atoms with Crippen molar-refractivity contribution in [2.75, 3.05) is 20.8 Å². The van der Waals surface area contributed by atoms with Crippen LogP contribution in [0.2, 0.25) is 0 Å². The lowest BCUT2D eigenvalue weighted by molar-refractivity contribution is -0.123. The second-order valence-electron chi connectivity index (χ2n) is 4.90. The van der Waals surface area contributed by atoms with Gasteiger partial charge < -0.3 is 19.5 Å². The SMILES string of the molecule is COC(=O)c1ccc(OC)cc1OCC(=O)NCc1ccccc1. The Labute approximate surface area is 140 Å². The monoisotopic (exact) mass is 329 g/mol. The summed E-state index contributed by atoms with van der Waals surface area (Å²) in [4.78, 5) is 23.7. The van der Waals surface area contributed by atoms with Gasteiger partial charge in [-0.1, -0.05) is 30.3 Å². The van der Waals surface area contributed by atoms with E-state index in [2.05, 4.69) is 5.32 Å². The molecule has 6 nitrogen and oxygen atoms in total. The molecule has 0 radical (unpaired) electrons. The van der Waals surface area contributed by atoms with Crippen LogP contribution in [0.25, 0.3) is 0 Å². The molecule has 0 bridgehead atoms. The number of hydrogen-bond acceptors (Lipinski definition) is 5. The molecule has 126 valence electrons. The molecule has 0 atom stereocenters. The third kappa shape index (κ3) is 4.74. The molecular weight excluding hydrogens is 310 g/mol. The normalized spacial score (nSPS) is 9.92. The number of rotatable bonds is 7. The van der Waals surface area contributed by atoms with Gasteiger partial charge in [0.1, 0.15) is 17.1 Å². The fourth-order valence-electron chi connectivity index (χ4n) is 2.02. The van der Waals surface area contributed by atoms with Crippen molar-refractivity contribution < 1.29 is 23.8 Å². The van der Waals surface area contributed by atoms with E-state index >= 15 is 0 Å². The zero-order chi connectivity index (χ0) is 17.4. The van der Waals surface area contributed by atoms with Gasteiger partial charge in [0.2, 0.25) is 0 Å². The Kier molecular flexibility index (Phi) is 6.19. The molecule has 2 aromatic carbocycles. The third-order valence-electron chi connectivity index (χ3n) is 3.29. The summed E-state index contributed by atoms with van der Waals surface area (Å²) in [6.45, 7) is 0.189. The lowest BCUT2D eigenvalue weighted by Crippen LogP contribution is -2.28. The first-order valence-corrected chi connectivity index (χ1v) is 7.34. The highest BCUT2D eigenvalue weighted by atomic mass is 16.5. The lowest BCUT2D eigenvalue weighted by atomic mass is 10.2. The van der Waals surface area contributed by atoms with Crippen molar-refractivity contribution in [2.45, 2.75) is 6.54 Å². The Morgan fingerprint density at radius 3 is 2.46 bits per heavy atom. The van der Waals surface area contributed by atoms with Crippen LogP contribution in [-0.2, 0) is 16.1 Å². The number of benzene rings is 2. The van der Waals surface area contributed by atoms with Crippen molar-refractivity contribution in [3.63, 3.8) is 0 Å². The van der Waals surface area contributed by atoms with Gasteiger partial charge >= 0.3 is 5.97 Å². The standard InChI is InChI=1S/C18H19NO5/c1-22-14-8-9-15(18(21)23-2)16(10-14)24-12-17(20)19-11-13-6-4-3-5-7-13/h3-10H,11-12H2,1-2H3,(H,19,20). The molecule has 0 aliphatic carbocycles. The van der Waals surface area contributed by atoms with E-state index in [1.165, 1.54) is 26.4 Å². The van der Waals surface area contributed by atoms with Gasteiger partial charge in [-0.15, -0.1) is 0 Å². The lowest BCUT2D eigenvalue weighted by Gasteiger charge is -2.12. The number of nitrogens with one attached hydrogen (secondary N) is 1. The van der Waals surface area contributed by atoms with Gasteiger partial charge in [0, 0.05) is 12.6 Å². The molecule has 0 aliphatic rings. The average Bonchev–Trinajstić information content (AvgIpc) is 2.64. The number of hydrogen-bond donors (Lipinski definition) is 1. The number of methoxy groups -OCH3 is 2. The van der Waals surface area contributed by atoms with E-state index in [0.717, 1.165) is 5.56 Å². The van der Waals surface area contributed by atoms with Crippen LogP contribution in [0.1, 0.15) is 15.9 Å². The Morgan fingerprint density at radius 1 is 1.04 bits per heavy atom. The second-order valence-corrected chi connectivity index (χ2v) is 4.90. The van der Waals surface area contributed by atoms with Crippen LogP contribution in [-0.4, -0.2) is 32.7 Å². The number of carbonyl (C=O) groups excluding carboxylic acids is 2. The largest absolute Gasteiger partial charge is 0.497 e. The summed E-state index contributed by atoms with van der Waals surface area (Å²) < 4.78 is 15.3. The summed E-state index contributed by atoms with van der Waals surface area (Å²) >= 11 is 0. The molecule has 0 saturated carbocycles. The fourth-order valence-corrected chi connectivity index (χ4v) is 2.02. The van der Waals surface area contributed by atoms with Gasteiger partial charge in [0.15, 0.2) is 6.61 Å². The van der Waals surface area contributed by atoms with E-state index < -0.39 is 5.97 Å². The molecule has 0 aromatic heterocycles. The summed E-state index contributed by atoms with van der Waals surface area (Å²) in [5.74, 6) is -0.0896. The number of amides is 1. The van der Waals surface area contributed by atoms with Crippen molar-refractivity contribution in [1.29, 1.82) is 0 Å². The van der Waals surface area contributed by atoms with Crippen LogP contribution in [0, 0.1) is 0 Å². The highest BCUT2D eigenvalue weighted by molar-refractivity contribution is 5.92. The summed E-state index contributed by atoms with van der Waals surface area (Å²) in [7, 11) is 2.78. The van der Waals surface area contributed by atoms with Gasteiger partial charge in [-0.3, -0.25) is 4.79 Å². The van der Waals surface area contributed by atoms with Crippen LogP contribution in [0.15, 0.2) is 48.5 Å². The molecule has 0 saturated heterocycles. The Balaban J connectivity index is 1.97. The molecular formula is C18H19NO5. The van der Waals surface area contributed by atoms with Crippen LogP contribution >= 0.6 is 0 Å². The predicted molar refractivity (Wildman–Crippen MR) is 88.1 cm³/mol. The smallest absolute Gasteiger partial charge is 0.341 e. The minimum atomic E-state index is -0.544. The Hall–Kier alpha value is -3.02. The maximum Gasteiger partial charge on any atom is 0.341 e. The van der Waals surface area contributed by atoms with Crippen molar-refractivity contribution in [2.24, 2.45) is 0 Å². The zero-order valence-electron chi connectivity index (χ0n) is 13.6. The molecule has 2 aromatic rings. The average molecular weight is 329 g/mol. The number of carbonyl (C=O) groups is 2. The van der Waals surface area contributed by atoms with Crippen LogP contribution < -0.4 is 14.8 Å². The Morgan fingerprint density at radius 2 is 1.79 bits per heavy atom. The van der Waals surface area contributed by atoms with Gasteiger partial charge in [-0.05, 0) is 17.7 Å². The topological polar surface area (TPSA) is 73.9 Å². The summed E-state index contributed by atoms with van der Waals surface area (Å²) in [5, 5.41) is 2.75. The molecule has 6 heteroatoms. The molecule has 1 amide bonds. The first-order valence-electron chi connectivity index (χ1n) is 7.34. The zero-order valence-corrected chi connectivity index (χ0v) is 13.6. The van der Waals surface area contributed by atoms with Crippen molar-refractivity contribution in [3.8, 4) is 11.5 Å². The van der Waals surface area contributed by atoms with E-state index in [1.54, 1.807) is 6.07 Å². The summed E-state index contributed by atoms with van der Waals surface area (Å²) in [5.41, 5.74) is 1.22. The molecule has 0 heterocycles. The molecule has 0 unspecified atom stereocenters. The molecule has 2 rings (SSSR count). The van der Waals surface area contributed by atoms with E-state index in [9.17, 15) is 9.59 Å². The molecule has 0 aliphatic heterocycles. The maximum atomic E-state index is 11.9. The first-order chi connectivity index (χ1) is 11.6. The van der Waals surface area contributed by atoms with Gasteiger partial charge in [-0.25, -0.2) is 4.79 Å². The van der Waals surface area contributed by atoms with Crippen LogP contribution in [0.4, 0.5) is 0 Å². The highest BCUT2D eigenvalue weighted by Crippen LogP contribution is 2.25. The molecule has 1 N–H and O–H groups in total. The summed E-state index contributed by atoms with van der Waals surface area (Å²) in [6, 6.07) is 14.2. The number of esters is 1. The minimum absolute atomic E-state index is 0.218. The molecule has 24 heavy (non-hydrogen) atoms. The molecule has 0 spiro atoms. The van der Waals surface area contributed by atoms with Crippen molar-refractivity contribution >= 4 is 11.9 Å². The van der Waals surface area contributed by atoms with Gasteiger partial charge in [0.05, 0.1) is 14.2 Å². The van der Waals surface area contributed by atoms with E-state index in [4.69, 9.17) is 14.2 Å². The van der Waals surface area contributed by atoms with E-state index in [0.29, 0.717) is 12.3 Å². The predicted octanol–water partition coefficient (Wildman–Crippen LogP) is 2.18. The summed E-state index contributed by atoms with van der Waals surface area (Å²) in [6.07, 6.45) is 0. The van der Waals surface area contributed by atoms with E-state index in [1.807, 2.05) is 30.3 Å². The quantitative estimate of drug-likeness (QED) is 0.788. The fraction of sp³-hybridized carbons (Fsp3) is 0.222. The third-order valence-corrected chi connectivity index (χ3v) is 3.29. The van der Waals surface area contributed by atoms with E-state index in [-0.39, 0.29) is 23.8 Å². The van der Waals surface area contributed by atoms with Gasteiger partial charge in [-0.2, -0.15) is 0 Å². The maximum absolute atomic E-state index is 11.9. The highest BCUT2D eigenvalue weighted by Gasteiger charge is 2.15. The number of ether oxygens (including phenoxy) is 3. The Bertz CT molecular complexity index is 700. The van der Waals surface area contributed by atoms with Crippen LogP contribution in [0.5, 0.6) is 11.5 Å². The first kappa shape index (κ1) is 17.3. The minimum Gasteiger partial charge on any atom is -0.497 e. The van der Waals surface area contributed by atoms with Gasteiger partial charge in [0.25, 0.3) is 5.91 Å². The van der Waals surface area contributed by atoms with Crippen molar-refractivity contribution in [3.05, 3.63) is 59.7 Å². The second kappa shape index (κ2) is 8.57. The molecule has 0 fully saturated rings.